The summed E-state index contributed by atoms with van der Waals surface area (Å²) in [6, 6.07) is 9.57. The molecule has 0 saturated heterocycles. The summed E-state index contributed by atoms with van der Waals surface area (Å²) in [4.78, 5) is 29.0. The molecule has 0 aliphatic carbocycles. The van der Waals surface area contributed by atoms with Crippen LogP contribution in [0.25, 0.3) is 10.6 Å². The molecule has 1 amide bonds. The molecule has 0 aliphatic rings. The fraction of sp³-hybridized carbons (Fsp3) is 0.263. The predicted molar refractivity (Wildman–Crippen MR) is 104 cm³/mol. The lowest BCUT2D eigenvalue weighted by Gasteiger charge is -2.13. The number of esters is 1. The van der Waals surface area contributed by atoms with Crippen molar-refractivity contribution in [3.8, 4) is 10.6 Å². The molecule has 1 atom stereocenters. The Morgan fingerprint density at radius 1 is 1.22 bits per heavy atom. The summed E-state index contributed by atoms with van der Waals surface area (Å²) in [5, 5.41) is 9.37. The van der Waals surface area contributed by atoms with Crippen LogP contribution >= 0.6 is 11.3 Å². The Balaban J connectivity index is 1.65. The zero-order chi connectivity index (χ0) is 19.6. The molecule has 27 heavy (non-hydrogen) atoms. The molecular weight excluding hydrogens is 364 g/mol. The van der Waals surface area contributed by atoms with Crippen molar-refractivity contribution in [2.45, 2.75) is 26.9 Å². The molecule has 1 aromatic carbocycles. The lowest BCUT2D eigenvalue weighted by Crippen LogP contribution is -2.30. The molecule has 0 bridgehead atoms. The third kappa shape index (κ3) is 4.06. The van der Waals surface area contributed by atoms with Gasteiger partial charge in [-0.25, -0.2) is 9.78 Å². The quantitative estimate of drug-likeness (QED) is 0.682. The molecule has 7 nitrogen and oxygen atoms in total. The van der Waals surface area contributed by atoms with Gasteiger partial charge in [0.25, 0.3) is 5.91 Å². The molecule has 8 heteroatoms. The van der Waals surface area contributed by atoms with Gasteiger partial charge in [-0.05, 0) is 20.8 Å². The summed E-state index contributed by atoms with van der Waals surface area (Å²) < 4.78 is 6.95. The van der Waals surface area contributed by atoms with E-state index in [4.69, 9.17) is 4.74 Å². The SMILES string of the molecule is Cc1nn(C)c(C)c1NC(=O)[C@H](C)OC(=O)c1csc(-c2ccccc2)n1. The van der Waals surface area contributed by atoms with Crippen LogP contribution in [0.2, 0.25) is 0 Å². The number of carbonyl (C=O) groups excluding carboxylic acids is 2. The molecule has 140 valence electrons. The summed E-state index contributed by atoms with van der Waals surface area (Å²) in [7, 11) is 1.80. The number of ether oxygens (including phenoxy) is 1. The van der Waals surface area contributed by atoms with Crippen LogP contribution in [0.1, 0.15) is 28.8 Å². The van der Waals surface area contributed by atoms with Crippen molar-refractivity contribution in [2.75, 3.05) is 5.32 Å². The maximum atomic E-state index is 12.4. The van der Waals surface area contributed by atoms with Crippen molar-refractivity contribution in [1.82, 2.24) is 14.8 Å². The van der Waals surface area contributed by atoms with E-state index in [0.717, 1.165) is 16.3 Å². The molecular formula is C19H20N4O3S. The monoisotopic (exact) mass is 384 g/mol. The van der Waals surface area contributed by atoms with Crippen LogP contribution in [-0.4, -0.2) is 32.7 Å². The van der Waals surface area contributed by atoms with Gasteiger partial charge >= 0.3 is 5.97 Å². The molecule has 2 aromatic heterocycles. The highest BCUT2D eigenvalue weighted by atomic mass is 32.1. The van der Waals surface area contributed by atoms with Gasteiger partial charge in [-0.15, -0.1) is 11.3 Å². The average Bonchev–Trinajstić information content (AvgIpc) is 3.23. The van der Waals surface area contributed by atoms with Crippen LogP contribution in [0.5, 0.6) is 0 Å². The first-order valence-corrected chi connectivity index (χ1v) is 9.27. The Hall–Kier alpha value is -3.00. The Labute approximate surface area is 161 Å². The average molecular weight is 384 g/mol. The fourth-order valence-electron chi connectivity index (χ4n) is 2.53. The molecule has 0 saturated carbocycles. The molecule has 0 radical (unpaired) electrons. The zero-order valence-electron chi connectivity index (χ0n) is 15.5. The molecule has 0 unspecified atom stereocenters. The standard InChI is InChI=1S/C19H20N4O3S/c1-11-16(12(2)23(4)22-11)21-17(24)13(3)26-19(25)15-10-27-18(20-15)14-8-6-5-7-9-14/h5-10,13H,1-4H3,(H,21,24)/t13-/m0/s1. The minimum Gasteiger partial charge on any atom is -0.448 e. The highest BCUT2D eigenvalue weighted by molar-refractivity contribution is 7.13. The Bertz CT molecular complexity index is 978. The zero-order valence-corrected chi connectivity index (χ0v) is 16.3. The number of rotatable bonds is 5. The molecule has 1 N–H and O–H groups in total. The first-order chi connectivity index (χ1) is 12.9. The van der Waals surface area contributed by atoms with E-state index in [9.17, 15) is 9.59 Å². The van der Waals surface area contributed by atoms with Crippen molar-refractivity contribution in [2.24, 2.45) is 7.05 Å². The van der Waals surface area contributed by atoms with E-state index < -0.39 is 18.0 Å². The van der Waals surface area contributed by atoms with Crippen LogP contribution in [0, 0.1) is 13.8 Å². The number of thiazole rings is 1. The molecule has 3 rings (SSSR count). The van der Waals surface area contributed by atoms with Crippen LogP contribution < -0.4 is 5.32 Å². The van der Waals surface area contributed by atoms with Crippen LogP contribution in [0.15, 0.2) is 35.7 Å². The van der Waals surface area contributed by atoms with Crippen molar-refractivity contribution < 1.29 is 14.3 Å². The summed E-state index contributed by atoms with van der Waals surface area (Å²) >= 11 is 1.35. The van der Waals surface area contributed by atoms with Crippen LogP contribution in [-0.2, 0) is 16.6 Å². The number of benzene rings is 1. The van der Waals surface area contributed by atoms with Gasteiger partial charge in [-0.2, -0.15) is 5.10 Å². The third-order valence-electron chi connectivity index (χ3n) is 4.14. The maximum absolute atomic E-state index is 12.4. The maximum Gasteiger partial charge on any atom is 0.358 e. The fourth-order valence-corrected chi connectivity index (χ4v) is 3.33. The number of aromatic nitrogens is 3. The predicted octanol–water partition coefficient (Wildman–Crippen LogP) is 3.34. The Kier molecular flexibility index (Phi) is 5.36. The first-order valence-electron chi connectivity index (χ1n) is 8.39. The van der Waals surface area contributed by atoms with Crippen LogP contribution in [0.4, 0.5) is 5.69 Å². The summed E-state index contributed by atoms with van der Waals surface area (Å²) in [6.07, 6.45) is -0.960. The van der Waals surface area contributed by atoms with Gasteiger partial charge in [0, 0.05) is 18.0 Å². The lowest BCUT2D eigenvalue weighted by atomic mass is 10.2. The van der Waals surface area contributed by atoms with Gasteiger partial charge in [0.05, 0.1) is 17.1 Å². The Morgan fingerprint density at radius 2 is 1.93 bits per heavy atom. The van der Waals surface area contributed by atoms with E-state index in [1.165, 1.54) is 18.3 Å². The summed E-state index contributed by atoms with van der Waals surface area (Å²) in [6.45, 7) is 5.19. The molecule has 0 fully saturated rings. The lowest BCUT2D eigenvalue weighted by molar-refractivity contribution is -0.123. The van der Waals surface area contributed by atoms with E-state index >= 15 is 0 Å². The van der Waals surface area contributed by atoms with Crippen molar-refractivity contribution in [3.63, 3.8) is 0 Å². The smallest absolute Gasteiger partial charge is 0.358 e. The topological polar surface area (TPSA) is 86.1 Å². The minimum absolute atomic E-state index is 0.187. The molecule has 2 heterocycles. The van der Waals surface area contributed by atoms with E-state index in [2.05, 4.69) is 15.4 Å². The largest absolute Gasteiger partial charge is 0.448 e. The summed E-state index contributed by atoms with van der Waals surface area (Å²) in [5.74, 6) is -1.04. The molecule has 0 spiro atoms. The number of aryl methyl sites for hydroxylation is 2. The number of hydrogen-bond donors (Lipinski definition) is 1. The second kappa shape index (κ2) is 7.71. The van der Waals surface area contributed by atoms with E-state index in [-0.39, 0.29) is 5.69 Å². The molecule has 3 aromatic rings. The van der Waals surface area contributed by atoms with E-state index in [1.807, 2.05) is 37.3 Å². The van der Waals surface area contributed by atoms with Gasteiger partial charge in [-0.1, -0.05) is 30.3 Å². The third-order valence-corrected chi connectivity index (χ3v) is 5.04. The number of carbonyl (C=O) groups is 2. The highest BCUT2D eigenvalue weighted by Gasteiger charge is 2.23. The van der Waals surface area contributed by atoms with Crippen molar-refractivity contribution >= 4 is 28.9 Å². The molecule has 0 aliphatic heterocycles. The van der Waals surface area contributed by atoms with Crippen LogP contribution in [0.3, 0.4) is 0 Å². The van der Waals surface area contributed by atoms with E-state index in [0.29, 0.717) is 11.4 Å². The van der Waals surface area contributed by atoms with Gasteiger partial charge in [0.1, 0.15) is 5.01 Å². The normalized spacial score (nSPS) is 11.9. The number of anilines is 1. The van der Waals surface area contributed by atoms with Crippen molar-refractivity contribution in [1.29, 1.82) is 0 Å². The van der Waals surface area contributed by atoms with E-state index in [1.54, 1.807) is 24.0 Å². The Morgan fingerprint density at radius 3 is 2.56 bits per heavy atom. The van der Waals surface area contributed by atoms with Gasteiger partial charge in [0.2, 0.25) is 0 Å². The second-order valence-electron chi connectivity index (χ2n) is 6.11. The summed E-state index contributed by atoms with van der Waals surface area (Å²) in [5.41, 5.74) is 3.27. The number of hydrogen-bond acceptors (Lipinski definition) is 6. The van der Waals surface area contributed by atoms with Gasteiger partial charge in [-0.3, -0.25) is 9.48 Å². The number of amides is 1. The van der Waals surface area contributed by atoms with Crippen molar-refractivity contribution in [3.05, 3.63) is 52.8 Å². The number of nitrogens with zero attached hydrogens (tertiary/aromatic N) is 3. The number of nitrogens with one attached hydrogen (secondary N) is 1. The first kappa shape index (κ1) is 18.8. The minimum atomic E-state index is -0.960. The van der Waals surface area contributed by atoms with Gasteiger partial charge in [0.15, 0.2) is 11.8 Å². The second-order valence-corrected chi connectivity index (χ2v) is 6.97. The highest BCUT2D eigenvalue weighted by Crippen LogP contribution is 2.24. The van der Waals surface area contributed by atoms with Gasteiger partial charge < -0.3 is 10.1 Å².